The lowest BCUT2D eigenvalue weighted by atomic mass is 10.1. The van der Waals surface area contributed by atoms with Crippen molar-refractivity contribution in [3.63, 3.8) is 0 Å². The van der Waals surface area contributed by atoms with Gasteiger partial charge in [-0.3, -0.25) is 0 Å². The number of hydrogen-bond acceptors (Lipinski definition) is 3. The standard InChI is InChI=1S/C16H20FNS2/c1-2-3-4-5-6-7-9-13(17)14-12-20-16(18-14)15-10-8-11-19-15/h8-12H,2-7H2,1H3/b13-9+. The van der Waals surface area contributed by atoms with E-state index in [-0.39, 0.29) is 5.83 Å². The molecule has 0 N–H and O–H groups in total. The van der Waals surface area contributed by atoms with Crippen molar-refractivity contribution in [1.29, 1.82) is 0 Å². The molecule has 0 atom stereocenters. The summed E-state index contributed by atoms with van der Waals surface area (Å²) in [6, 6.07) is 4.01. The van der Waals surface area contributed by atoms with Crippen molar-refractivity contribution in [2.45, 2.75) is 45.4 Å². The number of halogens is 1. The average Bonchev–Trinajstić information content (AvgIpc) is 3.12. The molecule has 0 unspecified atom stereocenters. The molecular formula is C16H20FNS2. The second-order valence-electron chi connectivity index (χ2n) is 4.77. The molecule has 4 heteroatoms. The number of thiazole rings is 1. The Morgan fingerprint density at radius 1 is 1.25 bits per heavy atom. The smallest absolute Gasteiger partial charge is 0.145 e. The molecule has 0 spiro atoms. The average molecular weight is 309 g/mol. The van der Waals surface area contributed by atoms with Crippen LogP contribution >= 0.6 is 22.7 Å². The minimum absolute atomic E-state index is 0.181. The Balaban J connectivity index is 1.84. The van der Waals surface area contributed by atoms with E-state index < -0.39 is 0 Å². The highest BCUT2D eigenvalue weighted by atomic mass is 32.1. The van der Waals surface area contributed by atoms with Crippen LogP contribution in [0.15, 0.2) is 29.0 Å². The van der Waals surface area contributed by atoms with Crippen LogP contribution in [0, 0.1) is 0 Å². The van der Waals surface area contributed by atoms with Crippen molar-refractivity contribution in [2.75, 3.05) is 0 Å². The number of allylic oxidation sites excluding steroid dienone is 1. The molecule has 20 heavy (non-hydrogen) atoms. The monoisotopic (exact) mass is 309 g/mol. The molecule has 0 bridgehead atoms. The molecule has 2 aromatic heterocycles. The van der Waals surface area contributed by atoms with Crippen LogP contribution in [0.25, 0.3) is 15.7 Å². The summed E-state index contributed by atoms with van der Waals surface area (Å²) in [5.74, 6) is -0.181. The molecule has 0 aromatic carbocycles. The van der Waals surface area contributed by atoms with Crippen molar-refractivity contribution in [2.24, 2.45) is 0 Å². The Morgan fingerprint density at radius 2 is 2.10 bits per heavy atom. The van der Waals surface area contributed by atoms with Gasteiger partial charge in [0.2, 0.25) is 0 Å². The van der Waals surface area contributed by atoms with Gasteiger partial charge in [0.1, 0.15) is 16.5 Å². The molecule has 0 saturated heterocycles. The topological polar surface area (TPSA) is 12.9 Å². The first-order valence-electron chi connectivity index (χ1n) is 7.16. The van der Waals surface area contributed by atoms with E-state index in [1.165, 1.54) is 37.0 Å². The molecule has 0 amide bonds. The van der Waals surface area contributed by atoms with Gasteiger partial charge in [0, 0.05) is 5.38 Å². The van der Waals surface area contributed by atoms with Crippen LogP contribution < -0.4 is 0 Å². The normalized spacial score (nSPS) is 12.0. The number of rotatable bonds is 8. The first kappa shape index (κ1) is 15.4. The van der Waals surface area contributed by atoms with Gasteiger partial charge in [-0.1, -0.05) is 38.7 Å². The van der Waals surface area contributed by atoms with E-state index in [9.17, 15) is 4.39 Å². The highest BCUT2D eigenvalue weighted by Crippen LogP contribution is 2.30. The number of hydrogen-bond donors (Lipinski definition) is 0. The fraction of sp³-hybridized carbons (Fsp3) is 0.438. The molecule has 0 fully saturated rings. The Morgan fingerprint density at radius 3 is 2.85 bits per heavy atom. The second kappa shape index (κ2) is 8.32. The van der Waals surface area contributed by atoms with Crippen LogP contribution in [-0.2, 0) is 0 Å². The van der Waals surface area contributed by atoms with E-state index in [0.29, 0.717) is 5.69 Å². The van der Waals surface area contributed by atoms with Crippen molar-refractivity contribution >= 4 is 28.5 Å². The van der Waals surface area contributed by atoms with Crippen LogP contribution in [0.3, 0.4) is 0 Å². The van der Waals surface area contributed by atoms with Gasteiger partial charge < -0.3 is 0 Å². The first-order chi connectivity index (χ1) is 9.81. The van der Waals surface area contributed by atoms with E-state index in [1.54, 1.807) is 22.8 Å². The third kappa shape index (κ3) is 4.53. The predicted molar refractivity (Wildman–Crippen MR) is 87.9 cm³/mol. The lowest BCUT2D eigenvalue weighted by Crippen LogP contribution is -1.80. The lowest BCUT2D eigenvalue weighted by molar-refractivity contribution is 0.634. The molecule has 0 saturated carbocycles. The summed E-state index contributed by atoms with van der Waals surface area (Å²) in [5.41, 5.74) is 0.479. The number of aromatic nitrogens is 1. The Bertz CT molecular complexity index is 528. The van der Waals surface area contributed by atoms with E-state index >= 15 is 0 Å². The molecule has 0 aliphatic rings. The SMILES string of the molecule is CCCCCCC/C=C(/F)c1csc(-c2cccs2)n1. The van der Waals surface area contributed by atoms with Gasteiger partial charge in [0.25, 0.3) is 0 Å². The predicted octanol–water partition coefficient (Wildman–Crippen LogP) is 6.54. The fourth-order valence-corrected chi connectivity index (χ4v) is 3.60. The Hall–Kier alpha value is -1.00. The Kier molecular flexibility index (Phi) is 6.40. The van der Waals surface area contributed by atoms with Crippen LogP contribution in [-0.4, -0.2) is 4.98 Å². The third-order valence-corrected chi connectivity index (χ3v) is 4.99. The summed E-state index contributed by atoms with van der Waals surface area (Å²) in [4.78, 5) is 5.47. The van der Waals surface area contributed by atoms with Crippen molar-refractivity contribution in [3.05, 3.63) is 34.7 Å². The summed E-state index contributed by atoms with van der Waals surface area (Å²) < 4.78 is 14.0. The van der Waals surface area contributed by atoms with Crippen LogP contribution in [0.1, 0.15) is 51.1 Å². The zero-order chi connectivity index (χ0) is 14.2. The summed E-state index contributed by atoms with van der Waals surface area (Å²) in [6.45, 7) is 2.20. The maximum Gasteiger partial charge on any atom is 0.145 e. The molecule has 0 aliphatic carbocycles. The minimum Gasteiger partial charge on any atom is -0.233 e. The Labute approximate surface area is 128 Å². The van der Waals surface area contributed by atoms with Gasteiger partial charge in [0.05, 0.1) is 4.88 Å². The minimum atomic E-state index is -0.181. The van der Waals surface area contributed by atoms with Gasteiger partial charge in [-0.2, -0.15) is 0 Å². The highest BCUT2D eigenvalue weighted by Gasteiger charge is 2.08. The van der Waals surface area contributed by atoms with Crippen LogP contribution in [0.5, 0.6) is 0 Å². The molecule has 2 aromatic rings. The molecule has 1 nitrogen and oxygen atoms in total. The summed E-state index contributed by atoms with van der Waals surface area (Å²) >= 11 is 3.14. The molecule has 108 valence electrons. The zero-order valence-corrected chi connectivity index (χ0v) is 13.4. The lowest BCUT2D eigenvalue weighted by Gasteiger charge is -1.97. The number of unbranched alkanes of at least 4 members (excludes halogenated alkanes) is 5. The van der Waals surface area contributed by atoms with Gasteiger partial charge in [-0.25, -0.2) is 9.37 Å². The number of thiophene rings is 1. The second-order valence-corrected chi connectivity index (χ2v) is 6.58. The van der Waals surface area contributed by atoms with E-state index in [1.807, 2.05) is 17.5 Å². The highest BCUT2D eigenvalue weighted by molar-refractivity contribution is 7.20. The van der Waals surface area contributed by atoms with Gasteiger partial charge in [0.15, 0.2) is 0 Å². The van der Waals surface area contributed by atoms with Crippen molar-refractivity contribution in [3.8, 4) is 9.88 Å². The molecule has 2 heterocycles. The van der Waals surface area contributed by atoms with Crippen LogP contribution in [0.4, 0.5) is 4.39 Å². The molecule has 0 radical (unpaired) electrons. The fourth-order valence-electron chi connectivity index (χ4n) is 1.98. The van der Waals surface area contributed by atoms with Crippen molar-refractivity contribution < 1.29 is 4.39 Å². The summed E-state index contributed by atoms with van der Waals surface area (Å²) in [6.07, 6.45) is 8.52. The largest absolute Gasteiger partial charge is 0.233 e. The van der Waals surface area contributed by atoms with Crippen molar-refractivity contribution in [1.82, 2.24) is 4.98 Å². The summed E-state index contributed by atoms with van der Waals surface area (Å²) in [5, 5.41) is 4.72. The quantitative estimate of drug-likeness (QED) is 0.504. The third-order valence-electron chi connectivity index (χ3n) is 3.11. The van der Waals surface area contributed by atoms with Crippen LogP contribution in [0.2, 0.25) is 0 Å². The summed E-state index contributed by atoms with van der Waals surface area (Å²) in [7, 11) is 0. The first-order valence-corrected chi connectivity index (χ1v) is 8.92. The number of nitrogens with zero attached hydrogens (tertiary/aromatic N) is 1. The maximum atomic E-state index is 14.0. The zero-order valence-electron chi connectivity index (χ0n) is 11.8. The molecule has 2 rings (SSSR count). The van der Waals surface area contributed by atoms with E-state index in [2.05, 4.69) is 11.9 Å². The van der Waals surface area contributed by atoms with E-state index in [0.717, 1.165) is 22.7 Å². The van der Waals surface area contributed by atoms with E-state index in [4.69, 9.17) is 0 Å². The van der Waals surface area contributed by atoms with Gasteiger partial charge in [-0.05, 0) is 30.4 Å². The molecular weight excluding hydrogens is 289 g/mol. The molecule has 0 aliphatic heterocycles. The van der Waals surface area contributed by atoms with Gasteiger partial charge in [-0.15, -0.1) is 22.7 Å². The maximum absolute atomic E-state index is 14.0. The van der Waals surface area contributed by atoms with Gasteiger partial charge >= 0.3 is 0 Å².